The quantitative estimate of drug-likeness (QED) is 0.296. The minimum atomic E-state index is -3.46. The van der Waals surface area contributed by atoms with Gasteiger partial charge in [0.1, 0.15) is 0 Å². The molecule has 1 aliphatic rings. The van der Waals surface area contributed by atoms with E-state index in [9.17, 15) is 13.2 Å². The van der Waals surface area contributed by atoms with Crippen molar-refractivity contribution in [2.24, 2.45) is 5.16 Å². The number of hydrogen-bond donors (Lipinski definition) is 1. The van der Waals surface area contributed by atoms with E-state index < -0.39 is 15.7 Å². The van der Waals surface area contributed by atoms with E-state index in [0.29, 0.717) is 44.6 Å². The molecule has 0 spiro atoms. The van der Waals surface area contributed by atoms with Crippen LogP contribution in [0.4, 0.5) is 5.82 Å². The van der Waals surface area contributed by atoms with E-state index in [-0.39, 0.29) is 28.3 Å². The predicted molar refractivity (Wildman–Crippen MR) is 122 cm³/mol. The highest BCUT2D eigenvalue weighted by atomic mass is 32.2. The summed E-state index contributed by atoms with van der Waals surface area (Å²) in [6, 6.07) is 5.97. The first kappa shape index (κ1) is 24.7. The van der Waals surface area contributed by atoms with E-state index >= 15 is 0 Å². The molecule has 1 amide bonds. The van der Waals surface area contributed by atoms with Crippen LogP contribution in [-0.2, 0) is 35.4 Å². The van der Waals surface area contributed by atoms with Gasteiger partial charge in [0, 0.05) is 31.9 Å². The van der Waals surface area contributed by atoms with Gasteiger partial charge < -0.3 is 19.6 Å². The van der Waals surface area contributed by atoms with Crippen LogP contribution in [0.1, 0.15) is 31.0 Å². The minimum absolute atomic E-state index is 0.00562. The molecule has 0 saturated carbocycles. The van der Waals surface area contributed by atoms with Crippen molar-refractivity contribution in [2.75, 3.05) is 38.0 Å². The lowest BCUT2D eigenvalue weighted by Crippen LogP contribution is -2.26. The fourth-order valence-electron chi connectivity index (χ4n) is 3.09. The topological polar surface area (TPSA) is 129 Å². The SMILES string of the molecule is CCc1cncc(NC(=O)/C(=N/O[C@@H]2CCOC2)c2ccc(S(=O)(=O)CCCOC)cc2)n1. The molecule has 33 heavy (non-hydrogen) atoms. The van der Waals surface area contributed by atoms with Gasteiger partial charge in [-0.1, -0.05) is 24.2 Å². The Bertz CT molecular complexity index is 1070. The molecule has 1 fully saturated rings. The second-order valence-corrected chi connectivity index (χ2v) is 9.53. The number of carbonyl (C=O) groups is 1. The highest BCUT2D eigenvalue weighted by Gasteiger charge is 2.22. The number of aryl methyl sites for hydroxylation is 1. The van der Waals surface area contributed by atoms with Crippen molar-refractivity contribution in [1.82, 2.24) is 9.97 Å². The summed E-state index contributed by atoms with van der Waals surface area (Å²) in [5.74, 6) is -0.292. The molecule has 1 N–H and O–H groups in total. The van der Waals surface area contributed by atoms with Crippen molar-refractivity contribution < 1.29 is 27.5 Å². The van der Waals surface area contributed by atoms with Crippen molar-refractivity contribution in [3.05, 3.63) is 47.9 Å². The zero-order valence-corrected chi connectivity index (χ0v) is 19.5. The van der Waals surface area contributed by atoms with E-state index in [0.717, 1.165) is 5.69 Å². The smallest absolute Gasteiger partial charge is 0.279 e. The first-order valence-electron chi connectivity index (χ1n) is 10.7. The number of methoxy groups -OCH3 is 1. The van der Waals surface area contributed by atoms with E-state index in [4.69, 9.17) is 14.3 Å². The summed E-state index contributed by atoms with van der Waals surface area (Å²) in [5, 5.41) is 6.76. The number of aromatic nitrogens is 2. The highest BCUT2D eigenvalue weighted by molar-refractivity contribution is 7.91. The lowest BCUT2D eigenvalue weighted by atomic mass is 10.1. The lowest BCUT2D eigenvalue weighted by molar-refractivity contribution is -0.110. The Kier molecular flexibility index (Phi) is 8.87. The van der Waals surface area contributed by atoms with Crippen LogP contribution in [0.15, 0.2) is 46.7 Å². The Morgan fingerprint density at radius 2 is 2.06 bits per heavy atom. The number of anilines is 1. The van der Waals surface area contributed by atoms with Gasteiger partial charge in [0.25, 0.3) is 5.91 Å². The van der Waals surface area contributed by atoms with Crippen LogP contribution in [0.5, 0.6) is 0 Å². The molecular weight excluding hydrogens is 448 g/mol. The Morgan fingerprint density at radius 1 is 1.27 bits per heavy atom. The van der Waals surface area contributed by atoms with Crippen LogP contribution in [0, 0.1) is 0 Å². The predicted octanol–water partition coefficient (Wildman–Crippen LogP) is 2.00. The number of amides is 1. The number of nitrogens with one attached hydrogen (secondary N) is 1. The standard InChI is InChI=1S/C22H28N4O6S/c1-3-17-13-23-14-20(24-17)25-22(27)21(26-32-18-9-11-31-15-18)16-5-7-19(8-6-16)33(28,29)12-4-10-30-2/h5-8,13-14,18H,3-4,9-12,15H2,1-2H3,(H,24,25,27)/b26-21+/t18-/m1/s1. The third-order valence-corrected chi connectivity index (χ3v) is 6.75. The maximum absolute atomic E-state index is 13.0. The monoisotopic (exact) mass is 476 g/mol. The van der Waals surface area contributed by atoms with Crippen molar-refractivity contribution in [2.45, 2.75) is 37.2 Å². The maximum Gasteiger partial charge on any atom is 0.279 e. The third-order valence-electron chi connectivity index (χ3n) is 4.93. The highest BCUT2D eigenvalue weighted by Crippen LogP contribution is 2.16. The second-order valence-electron chi connectivity index (χ2n) is 7.42. The average molecular weight is 477 g/mol. The van der Waals surface area contributed by atoms with E-state index in [1.807, 2.05) is 6.92 Å². The number of benzene rings is 1. The Labute approximate surface area is 193 Å². The number of sulfone groups is 1. The number of hydrogen-bond acceptors (Lipinski definition) is 9. The molecule has 2 heterocycles. The Morgan fingerprint density at radius 3 is 2.73 bits per heavy atom. The van der Waals surface area contributed by atoms with E-state index in [1.54, 1.807) is 6.20 Å². The molecule has 0 bridgehead atoms. The summed E-state index contributed by atoms with van der Waals surface area (Å²) in [4.78, 5) is 27.1. The van der Waals surface area contributed by atoms with Crippen molar-refractivity contribution in [3.63, 3.8) is 0 Å². The Balaban J connectivity index is 1.82. The summed E-state index contributed by atoms with van der Waals surface area (Å²) in [7, 11) is -1.94. The van der Waals surface area contributed by atoms with Gasteiger partial charge in [-0.3, -0.25) is 9.78 Å². The number of rotatable bonds is 11. The third kappa shape index (κ3) is 7.04. The van der Waals surface area contributed by atoms with Crippen LogP contribution >= 0.6 is 0 Å². The largest absolute Gasteiger partial charge is 0.389 e. The molecule has 0 unspecified atom stereocenters. The second kappa shape index (κ2) is 11.8. The molecule has 10 nitrogen and oxygen atoms in total. The van der Waals surface area contributed by atoms with Crippen molar-refractivity contribution in [3.8, 4) is 0 Å². The molecule has 0 aliphatic carbocycles. The van der Waals surface area contributed by atoms with Crippen LogP contribution in [0.2, 0.25) is 0 Å². The van der Waals surface area contributed by atoms with Crippen LogP contribution in [0.3, 0.4) is 0 Å². The summed E-state index contributed by atoms with van der Waals surface area (Å²) in [6.45, 7) is 3.25. The fourth-order valence-corrected chi connectivity index (χ4v) is 4.38. The van der Waals surface area contributed by atoms with Gasteiger partial charge in [-0.25, -0.2) is 13.4 Å². The van der Waals surface area contributed by atoms with E-state index in [2.05, 4.69) is 20.4 Å². The molecule has 1 aromatic carbocycles. The molecular formula is C22H28N4O6S. The van der Waals surface area contributed by atoms with Crippen LogP contribution in [0.25, 0.3) is 0 Å². The summed E-state index contributed by atoms with van der Waals surface area (Å²) < 4.78 is 35.2. The molecule has 2 aromatic rings. The van der Waals surface area contributed by atoms with E-state index in [1.165, 1.54) is 37.6 Å². The molecule has 1 saturated heterocycles. The molecule has 11 heteroatoms. The van der Waals surface area contributed by atoms with Crippen molar-refractivity contribution in [1.29, 1.82) is 0 Å². The number of carbonyl (C=O) groups excluding carboxylic acids is 1. The number of nitrogens with zero attached hydrogens (tertiary/aromatic N) is 3. The normalized spacial score (nSPS) is 16.5. The zero-order valence-electron chi connectivity index (χ0n) is 18.7. The Hall–Kier alpha value is -2.89. The van der Waals surface area contributed by atoms with Gasteiger partial charge in [-0.2, -0.15) is 0 Å². The number of oxime groups is 1. The first-order chi connectivity index (χ1) is 15.9. The number of ether oxygens (including phenoxy) is 2. The fraction of sp³-hybridized carbons (Fsp3) is 0.455. The molecule has 1 aliphatic heterocycles. The average Bonchev–Trinajstić information content (AvgIpc) is 3.33. The van der Waals surface area contributed by atoms with Gasteiger partial charge >= 0.3 is 0 Å². The minimum Gasteiger partial charge on any atom is -0.389 e. The summed E-state index contributed by atoms with van der Waals surface area (Å²) in [6.07, 6.45) is 4.54. The van der Waals surface area contributed by atoms with Crippen LogP contribution in [-0.4, -0.2) is 68.8 Å². The molecule has 0 radical (unpaired) electrons. The van der Waals surface area contributed by atoms with Gasteiger partial charge in [0.15, 0.2) is 27.5 Å². The lowest BCUT2D eigenvalue weighted by Gasteiger charge is -2.11. The molecule has 1 atom stereocenters. The molecule has 1 aromatic heterocycles. The first-order valence-corrected chi connectivity index (χ1v) is 12.3. The summed E-state index contributed by atoms with van der Waals surface area (Å²) >= 11 is 0. The van der Waals surface area contributed by atoms with Crippen molar-refractivity contribution >= 4 is 27.3 Å². The molecule has 178 valence electrons. The zero-order chi connectivity index (χ0) is 23.7. The van der Waals surface area contributed by atoms with Gasteiger partial charge in [0.2, 0.25) is 0 Å². The molecule has 3 rings (SSSR count). The van der Waals surface area contributed by atoms with Crippen LogP contribution < -0.4 is 5.32 Å². The van der Waals surface area contributed by atoms with Gasteiger partial charge in [-0.15, -0.1) is 0 Å². The van der Waals surface area contributed by atoms with Gasteiger partial charge in [-0.05, 0) is 25.0 Å². The summed E-state index contributed by atoms with van der Waals surface area (Å²) in [5.41, 5.74) is 1.13. The maximum atomic E-state index is 13.0. The van der Waals surface area contributed by atoms with Gasteiger partial charge in [0.05, 0.1) is 35.8 Å².